The number of benzene rings is 1. The van der Waals surface area contributed by atoms with Gasteiger partial charge in [0, 0.05) is 13.1 Å². The molecule has 0 bridgehead atoms. The largest absolute Gasteiger partial charge is 0.340 e. The second-order valence-corrected chi connectivity index (χ2v) is 10.7. The van der Waals surface area contributed by atoms with Crippen LogP contribution in [0.1, 0.15) is 18.9 Å². The first-order chi connectivity index (χ1) is 13.1. The van der Waals surface area contributed by atoms with E-state index >= 15 is 0 Å². The fourth-order valence-electron chi connectivity index (χ4n) is 3.23. The van der Waals surface area contributed by atoms with Crippen molar-refractivity contribution in [3.05, 3.63) is 40.6 Å². The third-order valence-corrected chi connectivity index (χ3v) is 7.90. The molecule has 150 valence electrons. The van der Waals surface area contributed by atoms with Gasteiger partial charge < -0.3 is 4.90 Å². The quantitative estimate of drug-likeness (QED) is 0.525. The molecule has 0 radical (unpaired) electrons. The standard InChI is InChI=1S/C18H19FN2O4S3/c1-11(16(22)20(2)14-6-7-28(24,25)10-14)21-17(23)15(27-18(21)26)9-12-4-3-5-13(19)8-12/h3-5,8-9,11,14H,6-7,10H2,1-2H3/b15-9+/t11-,14-/m0/s1. The maximum Gasteiger partial charge on any atom is 0.266 e. The highest BCUT2D eigenvalue weighted by Gasteiger charge is 2.41. The van der Waals surface area contributed by atoms with E-state index in [0.717, 1.165) is 11.8 Å². The minimum Gasteiger partial charge on any atom is -0.340 e. The van der Waals surface area contributed by atoms with E-state index in [4.69, 9.17) is 12.2 Å². The molecule has 0 N–H and O–H groups in total. The zero-order valence-electron chi connectivity index (χ0n) is 15.3. The third-order valence-electron chi connectivity index (χ3n) is 4.82. The zero-order valence-corrected chi connectivity index (χ0v) is 17.7. The number of thiocarbonyl (C=S) groups is 1. The molecule has 0 aliphatic carbocycles. The van der Waals surface area contributed by atoms with Gasteiger partial charge >= 0.3 is 0 Å². The first-order valence-electron chi connectivity index (χ1n) is 8.59. The molecule has 2 heterocycles. The van der Waals surface area contributed by atoms with Gasteiger partial charge in [-0.25, -0.2) is 12.8 Å². The van der Waals surface area contributed by atoms with Gasteiger partial charge in [0.15, 0.2) is 9.84 Å². The number of carbonyl (C=O) groups is 2. The van der Waals surface area contributed by atoms with Crippen molar-refractivity contribution in [1.29, 1.82) is 0 Å². The molecule has 2 fully saturated rings. The van der Waals surface area contributed by atoms with E-state index in [9.17, 15) is 22.4 Å². The highest BCUT2D eigenvalue weighted by Crippen LogP contribution is 2.34. The van der Waals surface area contributed by atoms with Crippen molar-refractivity contribution in [2.24, 2.45) is 0 Å². The molecule has 10 heteroatoms. The smallest absolute Gasteiger partial charge is 0.266 e. The molecule has 0 spiro atoms. The number of sulfone groups is 1. The molecule has 6 nitrogen and oxygen atoms in total. The fourth-order valence-corrected chi connectivity index (χ4v) is 6.42. The maximum atomic E-state index is 13.4. The van der Waals surface area contributed by atoms with Crippen LogP contribution in [0.15, 0.2) is 29.2 Å². The van der Waals surface area contributed by atoms with Gasteiger partial charge in [0.05, 0.1) is 16.4 Å². The maximum absolute atomic E-state index is 13.4. The van der Waals surface area contributed by atoms with Crippen molar-refractivity contribution < 1.29 is 22.4 Å². The Hall–Kier alpha value is -1.78. The summed E-state index contributed by atoms with van der Waals surface area (Å²) in [5.41, 5.74) is 0.521. The lowest BCUT2D eigenvalue weighted by atomic mass is 10.1. The molecule has 0 unspecified atom stereocenters. The second kappa shape index (κ2) is 7.92. The summed E-state index contributed by atoms with van der Waals surface area (Å²) in [6.07, 6.45) is 1.92. The number of hydrogen-bond acceptors (Lipinski definition) is 6. The summed E-state index contributed by atoms with van der Waals surface area (Å²) in [5, 5.41) is 0. The Morgan fingerprint density at radius 3 is 2.79 bits per heavy atom. The predicted octanol–water partition coefficient (Wildman–Crippen LogP) is 2.06. The fraction of sp³-hybridized carbons (Fsp3) is 0.389. The number of nitrogens with zero attached hydrogens (tertiary/aromatic N) is 2. The molecule has 2 amide bonds. The number of hydrogen-bond donors (Lipinski definition) is 0. The predicted molar refractivity (Wildman–Crippen MR) is 111 cm³/mol. The van der Waals surface area contributed by atoms with Crippen LogP contribution in [-0.4, -0.2) is 65.0 Å². The van der Waals surface area contributed by atoms with Gasteiger partial charge in [-0.1, -0.05) is 36.1 Å². The van der Waals surface area contributed by atoms with Gasteiger partial charge in [-0.15, -0.1) is 0 Å². The van der Waals surface area contributed by atoms with Crippen LogP contribution in [-0.2, 0) is 19.4 Å². The summed E-state index contributed by atoms with van der Waals surface area (Å²) < 4.78 is 37.0. The molecule has 28 heavy (non-hydrogen) atoms. The second-order valence-electron chi connectivity index (χ2n) is 6.79. The lowest BCUT2D eigenvalue weighted by Gasteiger charge is -2.30. The van der Waals surface area contributed by atoms with Crippen LogP contribution in [0.2, 0.25) is 0 Å². The Balaban J connectivity index is 1.76. The van der Waals surface area contributed by atoms with Crippen LogP contribution in [0.4, 0.5) is 4.39 Å². The van der Waals surface area contributed by atoms with Crippen molar-refractivity contribution in [1.82, 2.24) is 9.80 Å². The number of thioether (sulfide) groups is 1. The normalized spacial score (nSPS) is 24.0. The van der Waals surface area contributed by atoms with E-state index in [2.05, 4.69) is 0 Å². The topological polar surface area (TPSA) is 74.8 Å². The van der Waals surface area contributed by atoms with E-state index in [-0.39, 0.29) is 21.7 Å². The molecular weight excluding hydrogens is 423 g/mol. The minimum absolute atomic E-state index is 0.0566. The van der Waals surface area contributed by atoms with E-state index in [1.165, 1.54) is 28.0 Å². The summed E-state index contributed by atoms with van der Waals surface area (Å²) in [6, 6.07) is 4.55. The van der Waals surface area contributed by atoms with Crippen molar-refractivity contribution in [2.45, 2.75) is 25.4 Å². The average molecular weight is 443 g/mol. The third kappa shape index (κ3) is 4.28. The van der Waals surface area contributed by atoms with Crippen LogP contribution in [0, 0.1) is 5.82 Å². The lowest BCUT2D eigenvalue weighted by Crippen LogP contribution is -2.50. The Morgan fingerprint density at radius 2 is 2.18 bits per heavy atom. The highest BCUT2D eigenvalue weighted by molar-refractivity contribution is 8.26. The van der Waals surface area contributed by atoms with Crippen LogP contribution >= 0.6 is 24.0 Å². The summed E-state index contributed by atoms with van der Waals surface area (Å²) in [4.78, 5) is 28.5. The number of rotatable bonds is 4. The average Bonchev–Trinajstić information content (AvgIpc) is 3.12. The van der Waals surface area contributed by atoms with Crippen molar-refractivity contribution in [3.8, 4) is 0 Å². The number of halogens is 1. The van der Waals surface area contributed by atoms with Crippen LogP contribution in [0.3, 0.4) is 0 Å². The molecule has 2 atom stereocenters. The number of likely N-dealkylation sites (N-methyl/N-ethyl adjacent to an activating group) is 1. The first kappa shape index (κ1) is 20.9. The summed E-state index contributed by atoms with van der Waals surface area (Å²) >= 11 is 6.33. The molecular formula is C18H19FN2O4S3. The highest BCUT2D eigenvalue weighted by atomic mass is 32.2. The van der Waals surface area contributed by atoms with E-state index in [1.807, 2.05) is 0 Å². The first-order valence-corrected chi connectivity index (χ1v) is 11.6. The summed E-state index contributed by atoms with van der Waals surface area (Å²) in [6.45, 7) is 1.57. The Morgan fingerprint density at radius 1 is 1.46 bits per heavy atom. The Labute approximate surface area is 172 Å². The van der Waals surface area contributed by atoms with Gasteiger partial charge in [0.1, 0.15) is 16.2 Å². The van der Waals surface area contributed by atoms with Gasteiger partial charge in [-0.2, -0.15) is 0 Å². The van der Waals surface area contributed by atoms with E-state index < -0.39 is 33.6 Å². The van der Waals surface area contributed by atoms with Crippen molar-refractivity contribution >= 4 is 56.0 Å². The molecule has 1 aromatic rings. The van der Waals surface area contributed by atoms with Gasteiger partial charge in [-0.05, 0) is 37.1 Å². The summed E-state index contributed by atoms with van der Waals surface area (Å²) in [5.74, 6) is -1.22. The summed E-state index contributed by atoms with van der Waals surface area (Å²) in [7, 11) is -1.59. The molecule has 2 aliphatic heterocycles. The number of carbonyl (C=O) groups excluding carboxylic acids is 2. The van der Waals surface area contributed by atoms with Crippen LogP contribution in [0.5, 0.6) is 0 Å². The van der Waals surface area contributed by atoms with Crippen molar-refractivity contribution in [3.63, 3.8) is 0 Å². The SMILES string of the molecule is C[C@@H](C(=O)N(C)[C@H]1CCS(=O)(=O)C1)N1C(=O)/C(=C\c2cccc(F)c2)SC1=S. The van der Waals surface area contributed by atoms with Gasteiger partial charge in [0.25, 0.3) is 5.91 Å². The Kier molecular flexibility index (Phi) is 5.92. The van der Waals surface area contributed by atoms with Crippen molar-refractivity contribution in [2.75, 3.05) is 18.6 Å². The van der Waals surface area contributed by atoms with Crippen LogP contribution in [0.25, 0.3) is 6.08 Å². The zero-order chi connectivity index (χ0) is 20.6. The molecule has 3 rings (SSSR count). The van der Waals surface area contributed by atoms with E-state index in [0.29, 0.717) is 16.9 Å². The molecule has 2 saturated heterocycles. The number of amides is 2. The van der Waals surface area contributed by atoms with E-state index in [1.54, 1.807) is 26.1 Å². The van der Waals surface area contributed by atoms with Gasteiger partial charge in [-0.3, -0.25) is 14.5 Å². The van der Waals surface area contributed by atoms with Gasteiger partial charge in [0.2, 0.25) is 5.91 Å². The Bertz CT molecular complexity index is 977. The molecule has 0 aromatic heterocycles. The van der Waals surface area contributed by atoms with Crippen LogP contribution < -0.4 is 0 Å². The molecule has 0 saturated carbocycles. The molecule has 1 aromatic carbocycles. The minimum atomic E-state index is -3.13. The monoisotopic (exact) mass is 442 g/mol. The molecule has 2 aliphatic rings. The lowest BCUT2D eigenvalue weighted by molar-refractivity contribution is -0.139.